The molecule has 1 amide bonds. The van der Waals surface area contributed by atoms with Gasteiger partial charge in [0.2, 0.25) is 5.91 Å². The van der Waals surface area contributed by atoms with Gasteiger partial charge in [0.1, 0.15) is 5.82 Å². The van der Waals surface area contributed by atoms with Gasteiger partial charge in [-0.05, 0) is 31.9 Å². The van der Waals surface area contributed by atoms with E-state index < -0.39 is 0 Å². The number of aromatic nitrogens is 3. The molecule has 2 aromatic rings. The van der Waals surface area contributed by atoms with Gasteiger partial charge in [-0.1, -0.05) is 12.6 Å². The predicted octanol–water partition coefficient (Wildman–Crippen LogP) is 2.90. The quantitative estimate of drug-likeness (QED) is 0.876. The first kappa shape index (κ1) is 16.1. The summed E-state index contributed by atoms with van der Waals surface area (Å²) in [5.74, 6) is 1.60. The first-order chi connectivity index (χ1) is 11.6. The second kappa shape index (κ2) is 7.21. The largest absolute Gasteiger partial charge is 0.338 e. The molecule has 0 spiro atoms. The van der Waals surface area contributed by atoms with Crippen molar-refractivity contribution in [3.05, 3.63) is 54.6 Å². The molecule has 124 valence electrons. The highest BCUT2D eigenvalue weighted by molar-refractivity contribution is 5.92. The summed E-state index contributed by atoms with van der Waals surface area (Å²) in [6, 6.07) is 5.67. The van der Waals surface area contributed by atoms with E-state index in [0.717, 1.165) is 30.9 Å². The van der Waals surface area contributed by atoms with Crippen LogP contribution < -0.4 is 5.32 Å². The van der Waals surface area contributed by atoms with Crippen LogP contribution in [0.25, 0.3) is 0 Å². The second-order valence-corrected chi connectivity index (χ2v) is 6.00. The van der Waals surface area contributed by atoms with E-state index in [4.69, 9.17) is 0 Å². The second-order valence-electron chi connectivity index (χ2n) is 6.00. The average Bonchev–Trinajstić information content (AvgIpc) is 2.62. The lowest BCUT2D eigenvalue weighted by molar-refractivity contribution is -0.128. The van der Waals surface area contributed by atoms with Gasteiger partial charge in [-0.3, -0.25) is 9.78 Å². The number of nitrogens with zero attached hydrogens (tertiary/aromatic N) is 4. The van der Waals surface area contributed by atoms with Gasteiger partial charge in [0.15, 0.2) is 5.82 Å². The van der Waals surface area contributed by atoms with Gasteiger partial charge in [-0.25, -0.2) is 9.97 Å². The first-order valence-corrected chi connectivity index (χ1v) is 8.09. The Morgan fingerprint density at radius 2 is 2.08 bits per heavy atom. The first-order valence-electron chi connectivity index (χ1n) is 8.09. The maximum Gasteiger partial charge on any atom is 0.248 e. The van der Waals surface area contributed by atoms with Crippen LogP contribution in [0.5, 0.6) is 0 Å². The summed E-state index contributed by atoms with van der Waals surface area (Å²) >= 11 is 0. The fourth-order valence-electron chi connectivity index (χ4n) is 2.96. The highest BCUT2D eigenvalue weighted by Crippen LogP contribution is 2.30. The van der Waals surface area contributed by atoms with Gasteiger partial charge in [-0.2, -0.15) is 0 Å². The number of pyridine rings is 1. The average molecular weight is 323 g/mol. The summed E-state index contributed by atoms with van der Waals surface area (Å²) in [6.45, 7) is 6.92. The van der Waals surface area contributed by atoms with Crippen LogP contribution in [-0.4, -0.2) is 38.8 Å². The zero-order chi connectivity index (χ0) is 16.9. The minimum Gasteiger partial charge on any atom is -0.338 e. The van der Waals surface area contributed by atoms with Gasteiger partial charge in [-0.15, -0.1) is 0 Å². The highest BCUT2D eigenvalue weighted by Gasteiger charge is 2.27. The van der Waals surface area contributed by atoms with Gasteiger partial charge < -0.3 is 10.2 Å². The summed E-state index contributed by atoms with van der Waals surface area (Å²) in [5.41, 5.74) is 1.45. The Bertz CT molecular complexity index is 731. The molecule has 1 aliphatic rings. The molecule has 0 bridgehead atoms. The standard InChI is InChI=1S/C18H21N5O/c1-13(2)18(24)23-11-5-6-14(12-23)16-17(21-10-9-20-16)22-15-7-3-4-8-19-15/h3-4,7-10,14H,1,5-6,11-12H2,2H3,(H,19,21,22). The van der Waals surface area contributed by atoms with E-state index in [-0.39, 0.29) is 11.8 Å². The van der Waals surface area contributed by atoms with Crippen molar-refractivity contribution in [2.45, 2.75) is 25.7 Å². The summed E-state index contributed by atoms with van der Waals surface area (Å²) in [4.78, 5) is 27.3. The third kappa shape index (κ3) is 3.59. The van der Waals surface area contributed by atoms with E-state index in [2.05, 4.69) is 26.8 Å². The van der Waals surface area contributed by atoms with E-state index in [9.17, 15) is 4.79 Å². The zero-order valence-electron chi connectivity index (χ0n) is 13.8. The van der Waals surface area contributed by atoms with E-state index >= 15 is 0 Å². The molecule has 3 heterocycles. The number of piperidine rings is 1. The van der Waals surface area contributed by atoms with Gasteiger partial charge >= 0.3 is 0 Å². The minimum absolute atomic E-state index is 0.0165. The third-order valence-electron chi connectivity index (χ3n) is 4.10. The Labute approximate surface area is 141 Å². The molecule has 0 saturated carbocycles. The van der Waals surface area contributed by atoms with Gasteiger partial charge in [0.25, 0.3) is 0 Å². The molecular weight excluding hydrogens is 302 g/mol. The zero-order valence-corrected chi connectivity index (χ0v) is 13.8. The van der Waals surface area contributed by atoms with Crippen LogP contribution in [0.15, 0.2) is 48.9 Å². The molecule has 1 aliphatic heterocycles. The maximum absolute atomic E-state index is 12.2. The molecule has 1 atom stereocenters. The Morgan fingerprint density at radius 3 is 2.83 bits per heavy atom. The Balaban J connectivity index is 1.81. The maximum atomic E-state index is 12.2. The number of hydrogen-bond acceptors (Lipinski definition) is 5. The number of likely N-dealkylation sites (tertiary alicyclic amines) is 1. The number of amides is 1. The Kier molecular flexibility index (Phi) is 4.84. The van der Waals surface area contributed by atoms with Gasteiger partial charge in [0, 0.05) is 43.2 Å². The summed E-state index contributed by atoms with van der Waals surface area (Å²) in [7, 11) is 0. The summed E-state index contributed by atoms with van der Waals surface area (Å²) in [5, 5.41) is 3.23. The molecule has 1 unspecified atom stereocenters. The Hall–Kier alpha value is -2.76. The Morgan fingerprint density at radius 1 is 1.25 bits per heavy atom. The molecule has 6 nitrogen and oxygen atoms in total. The van der Waals surface area contributed by atoms with Crippen molar-refractivity contribution >= 4 is 17.5 Å². The normalized spacial score (nSPS) is 17.4. The van der Waals surface area contributed by atoms with Crippen LogP contribution in [0.2, 0.25) is 0 Å². The van der Waals surface area contributed by atoms with Crippen LogP contribution in [0.4, 0.5) is 11.6 Å². The van der Waals surface area contributed by atoms with Crippen LogP contribution in [-0.2, 0) is 4.79 Å². The fourth-order valence-corrected chi connectivity index (χ4v) is 2.96. The molecule has 0 aliphatic carbocycles. The summed E-state index contributed by atoms with van der Waals surface area (Å²) in [6.07, 6.45) is 7.01. The SMILES string of the molecule is C=C(C)C(=O)N1CCCC(c2nccnc2Nc2ccccn2)C1. The number of carbonyl (C=O) groups is 1. The molecule has 0 aromatic carbocycles. The lowest BCUT2D eigenvalue weighted by atomic mass is 9.94. The predicted molar refractivity (Wildman–Crippen MR) is 92.9 cm³/mol. The van der Waals surface area contributed by atoms with Crippen LogP contribution >= 0.6 is 0 Å². The molecule has 3 rings (SSSR count). The molecule has 1 saturated heterocycles. The van der Waals surface area contributed by atoms with Crippen molar-refractivity contribution < 1.29 is 4.79 Å². The number of rotatable bonds is 4. The third-order valence-corrected chi connectivity index (χ3v) is 4.10. The highest BCUT2D eigenvalue weighted by atomic mass is 16.2. The van der Waals surface area contributed by atoms with E-state index in [1.165, 1.54) is 0 Å². The monoisotopic (exact) mass is 323 g/mol. The molecule has 0 radical (unpaired) electrons. The molecular formula is C18H21N5O. The molecule has 1 N–H and O–H groups in total. The lowest BCUT2D eigenvalue weighted by Crippen LogP contribution is -2.39. The van der Waals surface area contributed by atoms with E-state index in [1.807, 2.05) is 23.1 Å². The van der Waals surface area contributed by atoms with E-state index in [1.54, 1.807) is 25.5 Å². The van der Waals surface area contributed by atoms with Crippen molar-refractivity contribution in [3.8, 4) is 0 Å². The molecule has 2 aromatic heterocycles. The van der Waals surface area contributed by atoms with E-state index in [0.29, 0.717) is 17.9 Å². The molecule has 1 fully saturated rings. The van der Waals surface area contributed by atoms with Gasteiger partial charge in [0.05, 0.1) is 5.69 Å². The van der Waals surface area contributed by atoms with Crippen LogP contribution in [0.1, 0.15) is 31.4 Å². The fraction of sp³-hybridized carbons (Fsp3) is 0.333. The molecule has 6 heteroatoms. The number of hydrogen-bond donors (Lipinski definition) is 1. The van der Waals surface area contributed by atoms with Crippen molar-refractivity contribution in [2.75, 3.05) is 18.4 Å². The number of carbonyl (C=O) groups excluding carboxylic acids is 1. The number of nitrogens with one attached hydrogen (secondary N) is 1. The van der Waals surface area contributed by atoms with Crippen LogP contribution in [0, 0.1) is 0 Å². The number of anilines is 2. The van der Waals surface area contributed by atoms with Crippen molar-refractivity contribution in [3.63, 3.8) is 0 Å². The smallest absolute Gasteiger partial charge is 0.248 e. The van der Waals surface area contributed by atoms with Crippen molar-refractivity contribution in [1.29, 1.82) is 0 Å². The lowest BCUT2D eigenvalue weighted by Gasteiger charge is -2.33. The van der Waals surface area contributed by atoms with Crippen molar-refractivity contribution in [2.24, 2.45) is 0 Å². The van der Waals surface area contributed by atoms with Crippen molar-refractivity contribution in [1.82, 2.24) is 19.9 Å². The summed E-state index contributed by atoms with van der Waals surface area (Å²) < 4.78 is 0. The van der Waals surface area contributed by atoms with Crippen LogP contribution in [0.3, 0.4) is 0 Å². The minimum atomic E-state index is 0.0165. The molecule has 24 heavy (non-hydrogen) atoms. The topological polar surface area (TPSA) is 71.0 Å².